The van der Waals surface area contributed by atoms with E-state index in [4.69, 9.17) is 15.2 Å². The molecule has 35 heavy (non-hydrogen) atoms. The van der Waals surface area contributed by atoms with Crippen molar-refractivity contribution in [3.8, 4) is 5.75 Å². The van der Waals surface area contributed by atoms with Crippen LogP contribution in [0.3, 0.4) is 0 Å². The molecule has 0 saturated heterocycles. The van der Waals surface area contributed by atoms with Gasteiger partial charge in [0.2, 0.25) is 12.7 Å². The van der Waals surface area contributed by atoms with Crippen LogP contribution >= 0.6 is 0 Å². The van der Waals surface area contributed by atoms with E-state index in [1.165, 1.54) is 19.2 Å². The maximum atomic E-state index is 12.1. The summed E-state index contributed by atoms with van der Waals surface area (Å²) in [6.07, 6.45) is -0.631. The number of anilines is 2. The van der Waals surface area contributed by atoms with Crippen molar-refractivity contribution in [2.75, 3.05) is 31.4 Å². The molecule has 0 fully saturated rings. The summed E-state index contributed by atoms with van der Waals surface area (Å²) in [5.41, 5.74) is 7.03. The number of amides is 3. The molecular weight excluding hydrogens is 454 g/mol. The van der Waals surface area contributed by atoms with E-state index < -0.39 is 12.0 Å². The first-order chi connectivity index (χ1) is 17.0. The van der Waals surface area contributed by atoms with Crippen LogP contribution in [0.1, 0.15) is 10.4 Å². The van der Waals surface area contributed by atoms with Crippen molar-refractivity contribution in [1.82, 2.24) is 15.6 Å². The van der Waals surface area contributed by atoms with Gasteiger partial charge in [-0.05, 0) is 36.4 Å². The number of nitrogen functional groups attached to an aromatic ring is 1. The summed E-state index contributed by atoms with van der Waals surface area (Å²) < 4.78 is 10.2. The first-order valence-electron chi connectivity index (χ1n) is 10.3. The van der Waals surface area contributed by atoms with Gasteiger partial charge in [0.15, 0.2) is 11.6 Å². The highest BCUT2D eigenvalue weighted by Gasteiger charge is 2.10. The number of carbonyl (C=O) groups is 3. The number of ether oxygens (including phenoxy) is 2. The molecule has 1 aromatic heterocycles. The van der Waals surface area contributed by atoms with Crippen molar-refractivity contribution in [1.29, 1.82) is 0 Å². The topological polar surface area (TPSA) is 169 Å². The van der Waals surface area contributed by atoms with Gasteiger partial charge in [0, 0.05) is 12.6 Å². The molecule has 0 radical (unpaired) electrons. The number of nitrogens with zero attached hydrogens (tertiary/aromatic N) is 3. The number of nitrogens with two attached hydrogens (primary N) is 1. The molecule has 0 bridgehead atoms. The fourth-order valence-corrected chi connectivity index (χ4v) is 2.65. The Morgan fingerprint density at radius 1 is 0.943 bits per heavy atom. The zero-order valence-electron chi connectivity index (χ0n) is 18.7. The molecule has 0 saturated carbocycles. The molecule has 5 N–H and O–H groups in total. The van der Waals surface area contributed by atoms with Crippen LogP contribution in [-0.2, 0) is 9.53 Å². The van der Waals surface area contributed by atoms with Gasteiger partial charge in [0.05, 0.1) is 6.54 Å². The van der Waals surface area contributed by atoms with Gasteiger partial charge in [-0.2, -0.15) is 0 Å². The van der Waals surface area contributed by atoms with Gasteiger partial charge >= 0.3 is 6.09 Å². The van der Waals surface area contributed by atoms with Crippen LogP contribution in [0.5, 0.6) is 5.75 Å². The Labute approximate surface area is 200 Å². The molecule has 0 unspecified atom stereocenters. The molecule has 2 aromatic carbocycles. The van der Waals surface area contributed by atoms with E-state index in [2.05, 4.69) is 31.2 Å². The van der Waals surface area contributed by atoms with Crippen LogP contribution in [0.25, 0.3) is 0 Å². The van der Waals surface area contributed by atoms with Gasteiger partial charge in [0.1, 0.15) is 17.2 Å². The average Bonchev–Trinajstić information content (AvgIpc) is 2.88. The van der Waals surface area contributed by atoms with Gasteiger partial charge in [0.25, 0.3) is 5.91 Å². The standard InChI is InChI=1S/C23H23N7O5/c1-25-23(33)35-14-34-18-10-6-5-9-16(18)29-30-17-11-12-19(28-21(17)24)27-20(31)13-26-22(32)15-7-3-2-4-8-15/h2-12H,13-14H2,1H3,(H,25,33)(H,26,32)(H3,24,27,28,31). The van der Waals surface area contributed by atoms with Crippen molar-refractivity contribution in [2.24, 2.45) is 10.2 Å². The monoisotopic (exact) mass is 477 g/mol. The minimum absolute atomic E-state index is 0.0289. The number of benzene rings is 2. The smallest absolute Gasteiger partial charge is 0.409 e. The number of nitrogens with one attached hydrogen (secondary N) is 3. The lowest BCUT2D eigenvalue weighted by Crippen LogP contribution is -2.33. The Morgan fingerprint density at radius 3 is 2.40 bits per heavy atom. The van der Waals surface area contributed by atoms with Gasteiger partial charge < -0.3 is 31.2 Å². The average molecular weight is 477 g/mol. The zero-order valence-corrected chi connectivity index (χ0v) is 18.7. The molecule has 0 atom stereocenters. The number of para-hydroxylation sites is 1. The van der Waals surface area contributed by atoms with E-state index in [1.54, 1.807) is 54.6 Å². The van der Waals surface area contributed by atoms with E-state index in [0.717, 1.165) is 0 Å². The molecule has 3 rings (SSSR count). The summed E-state index contributed by atoms with van der Waals surface area (Å²) in [4.78, 5) is 39.4. The van der Waals surface area contributed by atoms with Crippen LogP contribution in [0.2, 0.25) is 0 Å². The summed E-state index contributed by atoms with van der Waals surface area (Å²) in [6, 6.07) is 18.3. The maximum Gasteiger partial charge on any atom is 0.409 e. The van der Waals surface area contributed by atoms with Gasteiger partial charge in [-0.3, -0.25) is 9.59 Å². The molecular formula is C23H23N7O5. The molecule has 0 aliphatic carbocycles. The van der Waals surface area contributed by atoms with Gasteiger partial charge in [-0.1, -0.05) is 30.3 Å². The Kier molecular flexibility index (Phi) is 8.66. The highest BCUT2D eigenvalue weighted by Crippen LogP contribution is 2.30. The number of hydrogen-bond donors (Lipinski definition) is 4. The van der Waals surface area contributed by atoms with E-state index in [0.29, 0.717) is 17.0 Å². The molecule has 3 amide bonds. The summed E-state index contributed by atoms with van der Waals surface area (Å²) in [5, 5.41) is 15.6. The SMILES string of the molecule is CNC(=O)OCOc1ccccc1N=Nc1ccc(NC(=O)CNC(=O)c2ccccc2)nc1N. The van der Waals surface area contributed by atoms with Crippen molar-refractivity contribution in [3.05, 3.63) is 72.3 Å². The van der Waals surface area contributed by atoms with Crippen LogP contribution in [0.4, 0.5) is 27.8 Å². The molecule has 12 nitrogen and oxygen atoms in total. The van der Waals surface area contributed by atoms with E-state index in [9.17, 15) is 14.4 Å². The number of aromatic nitrogens is 1. The van der Waals surface area contributed by atoms with Crippen LogP contribution < -0.4 is 26.4 Å². The van der Waals surface area contributed by atoms with Gasteiger partial charge in [-0.15, -0.1) is 10.2 Å². The number of pyridine rings is 1. The van der Waals surface area contributed by atoms with E-state index in [1.807, 2.05) is 0 Å². The van der Waals surface area contributed by atoms with Crippen molar-refractivity contribution >= 4 is 40.9 Å². The van der Waals surface area contributed by atoms with E-state index >= 15 is 0 Å². The summed E-state index contributed by atoms with van der Waals surface area (Å²) in [6.45, 7) is -0.548. The summed E-state index contributed by atoms with van der Waals surface area (Å²) in [5.74, 6) is -0.279. The second-order valence-corrected chi connectivity index (χ2v) is 6.81. The molecule has 0 aliphatic heterocycles. The first-order valence-corrected chi connectivity index (χ1v) is 10.3. The summed E-state index contributed by atoms with van der Waals surface area (Å²) >= 11 is 0. The molecule has 0 spiro atoms. The van der Waals surface area contributed by atoms with Crippen LogP contribution in [-0.4, -0.2) is 43.3 Å². The lowest BCUT2D eigenvalue weighted by molar-refractivity contribution is -0.115. The summed E-state index contributed by atoms with van der Waals surface area (Å²) in [7, 11) is 1.43. The molecule has 0 aliphatic rings. The van der Waals surface area contributed by atoms with Crippen molar-refractivity contribution in [2.45, 2.75) is 0 Å². The first kappa shape index (κ1) is 24.6. The Bertz CT molecular complexity index is 1220. The van der Waals surface area contributed by atoms with Crippen LogP contribution in [0, 0.1) is 0 Å². The Hall–Kier alpha value is -5.00. The third-order valence-electron chi connectivity index (χ3n) is 4.35. The number of azo groups is 1. The van der Waals surface area contributed by atoms with Crippen molar-refractivity contribution in [3.63, 3.8) is 0 Å². The quantitative estimate of drug-likeness (QED) is 0.271. The predicted octanol–water partition coefficient (Wildman–Crippen LogP) is 3.14. The number of hydrogen-bond acceptors (Lipinski definition) is 9. The van der Waals surface area contributed by atoms with E-state index in [-0.39, 0.29) is 36.6 Å². The fourth-order valence-electron chi connectivity index (χ4n) is 2.65. The predicted molar refractivity (Wildman–Crippen MR) is 128 cm³/mol. The zero-order chi connectivity index (χ0) is 25.0. The molecule has 1 heterocycles. The molecule has 3 aromatic rings. The second kappa shape index (κ2) is 12.3. The number of carbonyl (C=O) groups excluding carboxylic acids is 3. The van der Waals surface area contributed by atoms with Crippen LogP contribution in [0.15, 0.2) is 77.0 Å². The van der Waals surface area contributed by atoms with Gasteiger partial charge in [-0.25, -0.2) is 9.78 Å². The number of alkyl carbamates (subject to hydrolysis) is 1. The Balaban J connectivity index is 1.57. The van der Waals surface area contributed by atoms with Crippen molar-refractivity contribution < 1.29 is 23.9 Å². The Morgan fingerprint density at radius 2 is 1.66 bits per heavy atom. The largest absolute Gasteiger partial charge is 0.455 e. The normalized spacial score (nSPS) is 10.4. The minimum Gasteiger partial charge on any atom is -0.455 e. The second-order valence-electron chi connectivity index (χ2n) is 6.81. The molecule has 180 valence electrons. The maximum absolute atomic E-state index is 12.1. The fraction of sp³-hybridized carbons (Fsp3) is 0.130. The molecule has 12 heteroatoms. The lowest BCUT2D eigenvalue weighted by Gasteiger charge is -2.09. The number of rotatable bonds is 9. The highest BCUT2D eigenvalue weighted by atomic mass is 16.7. The highest BCUT2D eigenvalue weighted by molar-refractivity contribution is 5.99. The lowest BCUT2D eigenvalue weighted by atomic mass is 10.2. The minimum atomic E-state index is -0.631. The third-order valence-corrected chi connectivity index (χ3v) is 4.35. The third kappa shape index (κ3) is 7.53.